The summed E-state index contributed by atoms with van der Waals surface area (Å²) in [5, 5.41) is 0. The van der Waals surface area contributed by atoms with Gasteiger partial charge >= 0.3 is 11.9 Å². The van der Waals surface area contributed by atoms with Crippen LogP contribution in [0.3, 0.4) is 0 Å². The predicted molar refractivity (Wildman–Crippen MR) is 97.8 cm³/mol. The normalized spacial score (nSPS) is 12.3. The van der Waals surface area contributed by atoms with Crippen LogP contribution in [-0.2, 0) is 19.1 Å². The van der Waals surface area contributed by atoms with Gasteiger partial charge in [0.15, 0.2) is 0 Å². The standard InChI is InChI=1S/C20H36O4/c1-4-6-8-10-11-13-17-23-19(21)15-16-20(22)24-18(3)14-12-9-7-5-2/h15-16,18H,4-14,17H2,1-3H3/b16-15+. The van der Waals surface area contributed by atoms with Crippen molar-refractivity contribution in [1.82, 2.24) is 0 Å². The first-order valence-electron chi connectivity index (χ1n) is 9.65. The number of hydrogen-bond acceptors (Lipinski definition) is 4. The molecule has 0 rings (SSSR count). The van der Waals surface area contributed by atoms with Gasteiger partial charge in [0.1, 0.15) is 0 Å². The van der Waals surface area contributed by atoms with E-state index in [0.29, 0.717) is 6.61 Å². The van der Waals surface area contributed by atoms with Crippen LogP contribution in [0.4, 0.5) is 0 Å². The average molecular weight is 341 g/mol. The van der Waals surface area contributed by atoms with Gasteiger partial charge < -0.3 is 9.47 Å². The predicted octanol–water partition coefficient (Wildman–Crippen LogP) is 5.35. The Morgan fingerprint density at radius 3 is 2.00 bits per heavy atom. The summed E-state index contributed by atoms with van der Waals surface area (Å²) in [5.41, 5.74) is 0. The number of rotatable bonds is 15. The van der Waals surface area contributed by atoms with Crippen LogP contribution < -0.4 is 0 Å². The lowest BCUT2D eigenvalue weighted by Crippen LogP contribution is -2.13. The van der Waals surface area contributed by atoms with E-state index < -0.39 is 11.9 Å². The summed E-state index contributed by atoms with van der Waals surface area (Å²) in [5.74, 6) is -0.953. The van der Waals surface area contributed by atoms with E-state index in [2.05, 4.69) is 13.8 Å². The van der Waals surface area contributed by atoms with Crippen molar-refractivity contribution in [2.75, 3.05) is 6.61 Å². The molecule has 0 aromatic carbocycles. The minimum atomic E-state index is -0.477. The molecule has 0 radical (unpaired) electrons. The molecule has 0 fully saturated rings. The lowest BCUT2D eigenvalue weighted by molar-refractivity contribution is -0.143. The van der Waals surface area contributed by atoms with E-state index in [1.807, 2.05) is 6.92 Å². The van der Waals surface area contributed by atoms with E-state index in [4.69, 9.17) is 9.47 Å². The molecule has 0 aliphatic carbocycles. The Labute approximate surface area is 148 Å². The first-order chi connectivity index (χ1) is 11.6. The molecule has 0 spiro atoms. The van der Waals surface area contributed by atoms with Gasteiger partial charge in [-0.1, -0.05) is 65.2 Å². The molecule has 0 aliphatic heterocycles. The fraction of sp³-hybridized carbons (Fsp3) is 0.800. The Kier molecular flexibility index (Phi) is 15.6. The maximum absolute atomic E-state index is 11.6. The second-order valence-electron chi connectivity index (χ2n) is 6.37. The van der Waals surface area contributed by atoms with Crippen LogP contribution in [-0.4, -0.2) is 24.6 Å². The summed E-state index contributed by atoms with van der Waals surface area (Å²) in [4.78, 5) is 23.1. The molecule has 0 aromatic rings. The molecule has 1 unspecified atom stereocenters. The highest BCUT2D eigenvalue weighted by Crippen LogP contribution is 2.08. The Balaban J connectivity index is 3.67. The van der Waals surface area contributed by atoms with Crippen LogP contribution in [0, 0.1) is 0 Å². The molecular formula is C20H36O4. The van der Waals surface area contributed by atoms with Crippen LogP contribution in [0.15, 0.2) is 12.2 Å². The van der Waals surface area contributed by atoms with Gasteiger partial charge in [-0.15, -0.1) is 0 Å². The summed E-state index contributed by atoms with van der Waals surface area (Å²) in [6, 6.07) is 0. The summed E-state index contributed by atoms with van der Waals surface area (Å²) in [6.07, 6.45) is 14.6. The summed E-state index contributed by atoms with van der Waals surface area (Å²) >= 11 is 0. The van der Waals surface area contributed by atoms with Gasteiger partial charge in [0.05, 0.1) is 12.7 Å². The van der Waals surface area contributed by atoms with Crippen LogP contribution in [0.2, 0.25) is 0 Å². The zero-order valence-corrected chi connectivity index (χ0v) is 15.9. The molecule has 4 nitrogen and oxygen atoms in total. The highest BCUT2D eigenvalue weighted by molar-refractivity contribution is 5.91. The number of hydrogen-bond donors (Lipinski definition) is 0. The Bertz CT molecular complexity index is 350. The fourth-order valence-electron chi connectivity index (χ4n) is 2.39. The SMILES string of the molecule is CCCCCCCCOC(=O)/C=C/C(=O)OC(C)CCCCCC. The van der Waals surface area contributed by atoms with Gasteiger partial charge in [0.25, 0.3) is 0 Å². The van der Waals surface area contributed by atoms with Crippen molar-refractivity contribution in [3.8, 4) is 0 Å². The van der Waals surface area contributed by atoms with E-state index in [9.17, 15) is 9.59 Å². The number of esters is 2. The molecule has 24 heavy (non-hydrogen) atoms. The number of carbonyl (C=O) groups is 2. The third kappa shape index (κ3) is 15.6. The van der Waals surface area contributed by atoms with E-state index in [1.165, 1.54) is 44.9 Å². The van der Waals surface area contributed by atoms with Crippen molar-refractivity contribution in [1.29, 1.82) is 0 Å². The van der Waals surface area contributed by atoms with Gasteiger partial charge in [0.2, 0.25) is 0 Å². The second-order valence-corrected chi connectivity index (χ2v) is 6.37. The topological polar surface area (TPSA) is 52.6 Å². The maximum atomic E-state index is 11.6. The first-order valence-corrected chi connectivity index (χ1v) is 9.65. The quantitative estimate of drug-likeness (QED) is 0.229. The zero-order valence-electron chi connectivity index (χ0n) is 15.9. The van der Waals surface area contributed by atoms with Crippen LogP contribution >= 0.6 is 0 Å². The van der Waals surface area contributed by atoms with Crippen LogP contribution in [0.1, 0.15) is 91.4 Å². The average Bonchev–Trinajstić information content (AvgIpc) is 2.56. The minimum Gasteiger partial charge on any atom is -0.463 e. The Hall–Kier alpha value is -1.32. The molecule has 0 bridgehead atoms. The lowest BCUT2D eigenvalue weighted by atomic mass is 10.1. The maximum Gasteiger partial charge on any atom is 0.331 e. The summed E-state index contributed by atoms with van der Waals surface area (Å²) < 4.78 is 10.3. The highest BCUT2D eigenvalue weighted by atomic mass is 16.5. The van der Waals surface area contributed by atoms with Crippen molar-refractivity contribution in [3.63, 3.8) is 0 Å². The highest BCUT2D eigenvalue weighted by Gasteiger charge is 2.07. The number of ether oxygens (including phenoxy) is 2. The first kappa shape index (κ1) is 22.7. The minimum absolute atomic E-state index is 0.113. The summed E-state index contributed by atoms with van der Waals surface area (Å²) in [6.45, 7) is 6.65. The van der Waals surface area contributed by atoms with Crippen molar-refractivity contribution in [3.05, 3.63) is 12.2 Å². The third-order valence-electron chi connectivity index (χ3n) is 3.88. The molecule has 4 heteroatoms. The summed E-state index contributed by atoms with van der Waals surface area (Å²) in [7, 11) is 0. The number of carbonyl (C=O) groups excluding carboxylic acids is 2. The van der Waals surface area contributed by atoms with E-state index in [0.717, 1.165) is 37.8 Å². The Morgan fingerprint density at radius 1 is 0.792 bits per heavy atom. The molecule has 1 atom stereocenters. The van der Waals surface area contributed by atoms with Crippen molar-refractivity contribution < 1.29 is 19.1 Å². The molecule has 0 N–H and O–H groups in total. The van der Waals surface area contributed by atoms with Gasteiger partial charge in [-0.2, -0.15) is 0 Å². The molecule has 0 aliphatic rings. The van der Waals surface area contributed by atoms with Gasteiger partial charge in [0, 0.05) is 12.2 Å². The lowest BCUT2D eigenvalue weighted by Gasteiger charge is -2.11. The van der Waals surface area contributed by atoms with E-state index >= 15 is 0 Å². The van der Waals surface area contributed by atoms with Crippen molar-refractivity contribution >= 4 is 11.9 Å². The monoisotopic (exact) mass is 340 g/mol. The molecule has 0 aromatic heterocycles. The van der Waals surface area contributed by atoms with E-state index in [1.54, 1.807) is 0 Å². The molecule has 0 saturated heterocycles. The third-order valence-corrected chi connectivity index (χ3v) is 3.88. The fourth-order valence-corrected chi connectivity index (χ4v) is 2.39. The van der Waals surface area contributed by atoms with Gasteiger partial charge in [-0.3, -0.25) is 0 Å². The van der Waals surface area contributed by atoms with Crippen LogP contribution in [0.5, 0.6) is 0 Å². The molecule has 0 heterocycles. The largest absolute Gasteiger partial charge is 0.463 e. The van der Waals surface area contributed by atoms with Gasteiger partial charge in [-0.05, 0) is 26.2 Å². The smallest absolute Gasteiger partial charge is 0.331 e. The molecule has 0 amide bonds. The van der Waals surface area contributed by atoms with Crippen molar-refractivity contribution in [2.24, 2.45) is 0 Å². The molecule has 140 valence electrons. The van der Waals surface area contributed by atoms with E-state index in [-0.39, 0.29) is 6.10 Å². The van der Waals surface area contributed by atoms with Gasteiger partial charge in [-0.25, -0.2) is 9.59 Å². The second kappa shape index (κ2) is 16.5. The number of unbranched alkanes of at least 4 members (excludes halogenated alkanes) is 8. The molecule has 0 saturated carbocycles. The molecular weight excluding hydrogens is 304 g/mol. The zero-order chi connectivity index (χ0) is 18.0. The van der Waals surface area contributed by atoms with Crippen LogP contribution in [0.25, 0.3) is 0 Å². The Morgan fingerprint density at radius 2 is 1.33 bits per heavy atom. The van der Waals surface area contributed by atoms with Crippen molar-refractivity contribution in [2.45, 2.75) is 97.5 Å².